The molecule has 1 N–H and O–H groups in total. The lowest BCUT2D eigenvalue weighted by Crippen LogP contribution is -1.93. The van der Waals surface area contributed by atoms with E-state index < -0.39 is 4.92 Å². The van der Waals surface area contributed by atoms with Gasteiger partial charge in [0.1, 0.15) is 0 Å². The lowest BCUT2D eigenvalue weighted by Gasteiger charge is -2.00. The normalized spacial score (nSPS) is 10.7. The first-order chi connectivity index (χ1) is 9.69. The largest absolute Gasteiger partial charge is 0.278 e. The Morgan fingerprint density at radius 2 is 2.00 bits per heavy atom. The number of rotatable bonds is 5. The molecule has 0 unspecified atom stereocenters. The number of nitrogens with one attached hydrogen (secondary N) is 1. The van der Waals surface area contributed by atoms with Crippen molar-refractivity contribution < 1.29 is 4.92 Å². The topological polar surface area (TPSA) is 67.5 Å². The molecule has 0 saturated heterocycles. The standard InChI is InChI=1S/C15H15N3O2/c1-2-12-6-8-13(9-7-12)11-16-17-14-4-3-5-15(10-14)18(19)20/h3-11,17H,2H2,1H3. The Bertz CT molecular complexity index is 621. The first-order valence-electron chi connectivity index (χ1n) is 6.31. The van der Waals surface area contributed by atoms with E-state index in [1.807, 2.05) is 12.1 Å². The fourth-order valence-corrected chi connectivity index (χ4v) is 1.71. The van der Waals surface area contributed by atoms with Crippen LogP contribution in [0.3, 0.4) is 0 Å². The summed E-state index contributed by atoms with van der Waals surface area (Å²) in [5, 5.41) is 14.7. The molecule has 5 heteroatoms. The number of non-ortho nitro benzene ring substituents is 1. The van der Waals surface area contributed by atoms with E-state index in [4.69, 9.17) is 0 Å². The quantitative estimate of drug-likeness (QED) is 0.512. The number of benzene rings is 2. The number of nitro benzene ring substituents is 1. The van der Waals surface area contributed by atoms with Crippen molar-refractivity contribution in [1.82, 2.24) is 0 Å². The monoisotopic (exact) mass is 269 g/mol. The molecule has 0 spiro atoms. The molecule has 2 aromatic rings. The maximum absolute atomic E-state index is 10.6. The molecule has 2 rings (SSSR count). The lowest BCUT2D eigenvalue weighted by atomic mass is 10.1. The minimum atomic E-state index is -0.432. The predicted molar refractivity (Wildman–Crippen MR) is 80.1 cm³/mol. The average molecular weight is 269 g/mol. The van der Waals surface area contributed by atoms with Crippen LogP contribution >= 0.6 is 0 Å². The highest BCUT2D eigenvalue weighted by Crippen LogP contribution is 2.16. The molecule has 0 atom stereocenters. The van der Waals surface area contributed by atoms with Gasteiger partial charge in [-0.1, -0.05) is 37.3 Å². The SMILES string of the molecule is CCc1ccc(C=NNc2cccc([N+](=O)[O-])c2)cc1. The molecule has 0 bridgehead atoms. The van der Waals surface area contributed by atoms with E-state index in [0.717, 1.165) is 12.0 Å². The zero-order chi connectivity index (χ0) is 14.4. The maximum Gasteiger partial charge on any atom is 0.271 e. The van der Waals surface area contributed by atoms with E-state index in [-0.39, 0.29) is 5.69 Å². The lowest BCUT2D eigenvalue weighted by molar-refractivity contribution is -0.384. The Labute approximate surface area is 117 Å². The highest BCUT2D eigenvalue weighted by atomic mass is 16.6. The van der Waals surface area contributed by atoms with E-state index >= 15 is 0 Å². The molecule has 0 aliphatic heterocycles. The summed E-state index contributed by atoms with van der Waals surface area (Å²) in [7, 11) is 0. The third-order valence-electron chi connectivity index (χ3n) is 2.85. The summed E-state index contributed by atoms with van der Waals surface area (Å²) < 4.78 is 0. The van der Waals surface area contributed by atoms with Crippen LogP contribution < -0.4 is 5.43 Å². The van der Waals surface area contributed by atoms with E-state index in [0.29, 0.717) is 5.69 Å². The van der Waals surface area contributed by atoms with Gasteiger partial charge in [-0.3, -0.25) is 15.5 Å². The van der Waals surface area contributed by atoms with Gasteiger partial charge in [-0.05, 0) is 23.6 Å². The van der Waals surface area contributed by atoms with Gasteiger partial charge in [-0.15, -0.1) is 0 Å². The average Bonchev–Trinajstić information content (AvgIpc) is 2.48. The van der Waals surface area contributed by atoms with E-state index in [9.17, 15) is 10.1 Å². The maximum atomic E-state index is 10.6. The molecular formula is C15H15N3O2. The third kappa shape index (κ3) is 3.65. The van der Waals surface area contributed by atoms with Gasteiger partial charge in [0, 0.05) is 12.1 Å². The molecule has 0 fully saturated rings. The Balaban J connectivity index is 2.02. The summed E-state index contributed by atoms with van der Waals surface area (Å²) in [6, 6.07) is 14.3. The highest BCUT2D eigenvalue weighted by Gasteiger charge is 2.04. The van der Waals surface area contributed by atoms with Gasteiger partial charge in [0.2, 0.25) is 0 Å². The summed E-state index contributed by atoms with van der Waals surface area (Å²) in [5.41, 5.74) is 5.65. The Kier molecular flexibility index (Phi) is 4.44. The highest BCUT2D eigenvalue weighted by molar-refractivity contribution is 5.80. The van der Waals surface area contributed by atoms with Crippen LogP contribution in [-0.4, -0.2) is 11.1 Å². The van der Waals surface area contributed by atoms with Gasteiger partial charge in [-0.25, -0.2) is 0 Å². The number of hydrogen-bond donors (Lipinski definition) is 1. The smallest absolute Gasteiger partial charge is 0.271 e. The van der Waals surface area contributed by atoms with Crippen LogP contribution in [0.1, 0.15) is 18.1 Å². The van der Waals surface area contributed by atoms with Crippen LogP contribution in [-0.2, 0) is 6.42 Å². The van der Waals surface area contributed by atoms with Crippen molar-refractivity contribution >= 4 is 17.6 Å². The zero-order valence-electron chi connectivity index (χ0n) is 11.1. The van der Waals surface area contributed by atoms with Crippen molar-refractivity contribution in [2.75, 3.05) is 5.43 Å². The number of nitro groups is 1. The first kappa shape index (κ1) is 13.7. The zero-order valence-corrected chi connectivity index (χ0v) is 11.1. The van der Waals surface area contributed by atoms with Crippen LogP contribution in [0.15, 0.2) is 53.6 Å². The molecule has 0 aliphatic rings. The number of hydrazone groups is 1. The molecule has 0 saturated carbocycles. The third-order valence-corrected chi connectivity index (χ3v) is 2.85. The second-order valence-corrected chi connectivity index (χ2v) is 4.27. The molecule has 2 aromatic carbocycles. The van der Waals surface area contributed by atoms with Crippen molar-refractivity contribution in [3.63, 3.8) is 0 Å². The van der Waals surface area contributed by atoms with Crippen LogP contribution in [0.25, 0.3) is 0 Å². The van der Waals surface area contributed by atoms with Crippen LogP contribution in [0.2, 0.25) is 0 Å². The predicted octanol–water partition coefficient (Wildman–Crippen LogP) is 3.60. The summed E-state index contributed by atoms with van der Waals surface area (Å²) in [4.78, 5) is 10.2. The summed E-state index contributed by atoms with van der Waals surface area (Å²) >= 11 is 0. The van der Waals surface area contributed by atoms with Crippen molar-refractivity contribution in [1.29, 1.82) is 0 Å². The molecule has 5 nitrogen and oxygen atoms in total. The Hall–Kier alpha value is -2.69. The number of aryl methyl sites for hydroxylation is 1. The van der Waals surface area contributed by atoms with Crippen LogP contribution in [0.5, 0.6) is 0 Å². The van der Waals surface area contributed by atoms with Gasteiger partial charge < -0.3 is 0 Å². The van der Waals surface area contributed by atoms with E-state index in [1.165, 1.54) is 17.7 Å². The minimum Gasteiger partial charge on any atom is -0.278 e. The van der Waals surface area contributed by atoms with Crippen LogP contribution in [0, 0.1) is 10.1 Å². The number of nitrogens with zero attached hydrogens (tertiary/aromatic N) is 2. The summed E-state index contributed by atoms with van der Waals surface area (Å²) in [6.07, 6.45) is 2.68. The van der Waals surface area contributed by atoms with Gasteiger partial charge >= 0.3 is 0 Å². The summed E-state index contributed by atoms with van der Waals surface area (Å²) in [5.74, 6) is 0. The molecule has 0 heterocycles. The van der Waals surface area contributed by atoms with Gasteiger partial charge in [0.05, 0.1) is 16.8 Å². The molecule has 0 aliphatic carbocycles. The Morgan fingerprint density at radius 3 is 2.65 bits per heavy atom. The Morgan fingerprint density at radius 1 is 1.25 bits per heavy atom. The molecule has 0 amide bonds. The van der Waals surface area contributed by atoms with Gasteiger partial charge in [-0.2, -0.15) is 5.10 Å². The molecular weight excluding hydrogens is 254 g/mol. The van der Waals surface area contributed by atoms with Crippen LogP contribution in [0.4, 0.5) is 11.4 Å². The second-order valence-electron chi connectivity index (χ2n) is 4.27. The number of anilines is 1. The second kappa shape index (κ2) is 6.47. The molecule has 0 radical (unpaired) electrons. The van der Waals surface area contributed by atoms with Crippen molar-refractivity contribution in [2.45, 2.75) is 13.3 Å². The summed E-state index contributed by atoms with van der Waals surface area (Å²) in [6.45, 7) is 2.10. The molecule has 0 aromatic heterocycles. The van der Waals surface area contributed by atoms with Crippen molar-refractivity contribution in [2.24, 2.45) is 5.10 Å². The van der Waals surface area contributed by atoms with E-state index in [1.54, 1.807) is 18.3 Å². The fraction of sp³-hybridized carbons (Fsp3) is 0.133. The first-order valence-corrected chi connectivity index (χ1v) is 6.31. The molecule has 20 heavy (non-hydrogen) atoms. The van der Waals surface area contributed by atoms with Crippen molar-refractivity contribution in [3.8, 4) is 0 Å². The number of hydrogen-bond acceptors (Lipinski definition) is 4. The molecule has 102 valence electrons. The minimum absolute atomic E-state index is 0.0394. The fourth-order valence-electron chi connectivity index (χ4n) is 1.71. The van der Waals surface area contributed by atoms with Gasteiger partial charge in [0.25, 0.3) is 5.69 Å². The van der Waals surface area contributed by atoms with E-state index in [2.05, 4.69) is 29.6 Å². The van der Waals surface area contributed by atoms with Crippen molar-refractivity contribution in [3.05, 3.63) is 69.8 Å². The van der Waals surface area contributed by atoms with Gasteiger partial charge in [0.15, 0.2) is 0 Å².